The first-order chi connectivity index (χ1) is 12.3. The number of hydrogen-bond donors (Lipinski definition) is 2. The lowest BCUT2D eigenvalue weighted by atomic mass is 10.2. The molecule has 3 fully saturated rings. The zero-order valence-electron chi connectivity index (χ0n) is 15.8. The molecule has 2 saturated heterocycles. The summed E-state index contributed by atoms with van der Waals surface area (Å²) in [5.74, 6) is 0.928. The zero-order valence-corrected chi connectivity index (χ0v) is 15.8. The van der Waals surface area contributed by atoms with E-state index in [2.05, 4.69) is 20.5 Å². The van der Waals surface area contributed by atoms with E-state index >= 15 is 0 Å². The van der Waals surface area contributed by atoms with Gasteiger partial charge in [0, 0.05) is 52.0 Å². The molecule has 2 aliphatic heterocycles. The maximum Gasteiger partial charge on any atom is 0.191 e. The lowest BCUT2D eigenvalue weighted by molar-refractivity contribution is 0.0168. The number of guanidine groups is 1. The maximum atomic E-state index is 5.71. The molecule has 144 valence electrons. The van der Waals surface area contributed by atoms with Gasteiger partial charge in [0.1, 0.15) is 0 Å². The van der Waals surface area contributed by atoms with Gasteiger partial charge in [-0.15, -0.1) is 0 Å². The first-order valence-electron chi connectivity index (χ1n) is 10.3. The third kappa shape index (κ3) is 6.12. The van der Waals surface area contributed by atoms with Gasteiger partial charge in [0.25, 0.3) is 0 Å². The van der Waals surface area contributed by atoms with Crippen LogP contribution in [0.4, 0.5) is 0 Å². The van der Waals surface area contributed by atoms with Crippen molar-refractivity contribution < 1.29 is 9.47 Å². The minimum atomic E-state index is 0.326. The van der Waals surface area contributed by atoms with Gasteiger partial charge in [-0.1, -0.05) is 12.8 Å². The highest BCUT2D eigenvalue weighted by molar-refractivity contribution is 5.79. The van der Waals surface area contributed by atoms with Gasteiger partial charge in [0.05, 0.1) is 12.7 Å². The van der Waals surface area contributed by atoms with Gasteiger partial charge in [0.15, 0.2) is 5.96 Å². The molecule has 3 aliphatic rings. The van der Waals surface area contributed by atoms with Crippen LogP contribution in [0.2, 0.25) is 0 Å². The minimum absolute atomic E-state index is 0.326. The van der Waals surface area contributed by atoms with Gasteiger partial charge in [-0.3, -0.25) is 9.89 Å². The largest absolute Gasteiger partial charge is 0.379 e. The fourth-order valence-electron chi connectivity index (χ4n) is 4.27. The molecule has 3 rings (SSSR count). The summed E-state index contributed by atoms with van der Waals surface area (Å²) in [5.41, 5.74) is 0. The van der Waals surface area contributed by atoms with Crippen LogP contribution in [0.1, 0.15) is 51.4 Å². The molecule has 0 spiro atoms. The predicted octanol–water partition coefficient (Wildman–Crippen LogP) is 1.75. The van der Waals surface area contributed by atoms with Gasteiger partial charge in [0.2, 0.25) is 0 Å². The standard InChI is InChI=1S/C19H36N4O2/c1-20-19(21-10-5-12-24-15-18-8-4-13-25-18)22-16-9-11-23(14-16)17-6-2-3-7-17/h16-18H,2-15H2,1H3,(H2,20,21,22). The van der Waals surface area contributed by atoms with E-state index in [0.717, 1.165) is 57.8 Å². The predicted molar refractivity (Wildman–Crippen MR) is 101 cm³/mol. The number of nitrogens with one attached hydrogen (secondary N) is 2. The van der Waals surface area contributed by atoms with Crippen LogP contribution in [0.5, 0.6) is 0 Å². The number of aliphatic imine (C=N–C) groups is 1. The molecule has 0 aromatic carbocycles. The van der Waals surface area contributed by atoms with Gasteiger partial charge < -0.3 is 20.1 Å². The van der Waals surface area contributed by atoms with E-state index in [0.29, 0.717) is 12.1 Å². The highest BCUT2D eigenvalue weighted by Gasteiger charge is 2.30. The monoisotopic (exact) mass is 352 g/mol. The maximum absolute atomic E-state index is 5.71. The molecule has 6 heteroatoms. The molecule has 6 nitrogen and oxygen atoms in total. The van der Waals surface area contributed by atoms with Gasteiger partial charge >= 0.3 is 0 Å². The van der Waals surface area contributed by atoms with Crippen LogP contribution in [0.3, 0.4) is 0 Å². The minimum Gasteiger partial charge on any atom is -0.379 e. The number of hydrogen-bond acceptors (Lipinski definition) is 4. The zero-order chi connectivity index (χ0) is 17.3. The van der Waals surface area contributed by atoms with Crippen LogP contribution in [-0.2, 0) is 9.47 Å². The van der Waals surface area contributed by atoms with E-state index in [1.165, 1.54) is 45.1 Å². The Balaban J connectivity index is 1.24. The van der Waals surface area contributed by atoms with Crippen LogP contribution in [-0.4, -0.2) is 75.5 Å². The van der Waals surface area contributed by atoms with Crippen molar-refractivity contribution in [2.75, 3.05) is 46.5 Å². The Bertz CT molecular complexity index is 406. The summed E-state index contributed by atoms with van der Waals surface area (Å²) < 4.78 is 11.3. The highest BCUT2D eigenvalue weighted by Crippen LogP contribution is 2.26. The molecular formula is C19H36N4O2. The van der Waals surface area contributed by atoms with Gasteiger partial charge in [-0.2, -0.15) is 0 Å². The normalized spacial score (nSPS) is 28.8. The van der Waals surface area contributed by atoms with Gasteiger partial charge in [-0.25, -0.2) is 0 Å². The van der Waals surface area contributed by atoms with Crippen molar-refractivity contribution in [2.24, 2.45) is 4.99 Å². The molecule has 25 heavy (non-hydrogen) atoms. The van der Waals surface area contributed by atoms with Crippen LogP contribution in [0.25, 0.3) is 0 Å². The van der Waals surface area contributed by atoms with E-state index in [9.17, 15) is 0 Å². The SMILES string of the molecule is CN=C(NCCCOCC1CCCO1)NC1CCN(C2CCCC2)C1. The molecule has 2 N–H and O–H groups in total. The summed E-state index contributed by atoms with van der Waals surface area (Å²) in [7, 11) is 1.85. The average Bonchev–Trinajstić information content (AvgIpc) is 3.39. The second-order valence-electron chi connectivity index (χ2n) is 7.63. The Hall–Kier alpha value is -0.850. The van der Waals surface area contributed by atoms with Crippen LogP contribution < -0.4 is 10.6 Å². The van der Waals surface area contributed by atoms with Crippen molar-refractivity contribution in [3.8, 4) is 0 Å². The van der Waals surface area contributed by atoms with E-state index in [4.69, 9.17) is 9.47 Å². The van der Waals surface area contributed by atoms with Crippen LogP contribution in [0, 0.1) is 0 Å². The lowest BCUT2D eigenvalue weighted by Gasteiger charge is -2.24. The smallest absolute Gasteiger partial charge is 0.191 e. The van der Waals surface area contributed by atoms with Crippen LogP contribution >= 0.6 is 0 Å². The molecule has 1 saturated carbocycles. The highest BCUT2D eigenvalue weighted by atomic mass is 16.5. The van der Waals surface area contributed by atoms with E-state index < -0.39 is 0 Å². The molecule has 2 atom stereocenters. The number of nitrogens with zero attached hydrogens (tertiary/aromatic N) is 2. The number of rotatable bonds is 8. The molecule has 0 aromatic heterocycles. The van der Waals surface area contributed by atoms with E-state index in [1.807, 2.05) is 7.05 Å². The summed E-state index contributed by atoms with van der Waals surface area (Å²) in [6.45, 7) is 5.71. The molecule has 0 amide bonds. The Labute approximate surface area is 152 Å². The van der Waals surface area contributed by atoms with Crippen molar-refractivity contribution in [3.63, 3.8) is 0 Å². The Morgan fingerprint density at radius 2 is 2.08 bits per heavy atom. The van der Waals surface area contributed by atoms with Crippen molar-refractivity contribution in [1.29, 1.82) is 0 Å². The van der Waals surface area contributed by atoms with E-state index in [-0.39, 0.29) is 0 Å². The molecule has 2 unspecified atom stereocenters. The summed E-state index contributed by atoms with van der Waals surface area (Å²) >= 11 is 0. The molecular weight excluding hydrogens is 316 g/mol. The third-order valence-corrected chi connectivity index (χ3v) is 5.71. The number of ether oxygens (including phenoxy) is 2. The van der Waals surface area contributed by atoms with Gasteiger partial charge in [-0.05, 0) is 38.5 Å². The number of likely N-dealkylation sites (tertiary alicyclic amines) is 1. The first-order valence-corrected chi connectivity index (χ1v) is 10.3. The molecule has 0 aromatic rings. The fourth-order valence-corrected chi connectivity index (χ4v) is 4.27. The summed E-state index contributed by atoms with van der Waals surface area (Å²) in [4.78, 5) is 7.05. The summed E-state index contributed by atoms with van der Waals surface area (Å²) in [5, 5.41) is 7.01. The summed E-state index contributed by atoms with van der Waals surface area (Å²) in [6.07, 6.45) is 10.5. The van der Waals surface area contributed by atoms with Crippen LogP contribution in [0.15, 0.2) is 4.99 Å². The molecule has 1 aliphatic carbocycles. The lowest BCUT2D eigenvalue weighted by Crippen LogP contribution is -2.45. The van der Waals surface area contributed by atoms with Crippen molar-refractivity contribution in [1.82, 2.24) is 15.5 Å². The molecule has 0 bridgehead atoms. The Morgan fingerprint density at radius 1 is 1.20 bits per heavy atom. The molecule has 0 radical (unpaired) electrons. The first kappa shape index (κ1) is 18.9. The third-order valence-electron chi connectivity index (χ3n) is 5.71. The topological polar surface area (TPSA) is 58.1 Å². The average molecular weight is 353 g/mol. The second-order valence-corrected chi connectivity index (χ2v) is 7.63. The molecule has 2 heterocycles. The van der Waals surface area contributed by atoms with E-state index in [1.54, 1.807) is 0 Å². The van der Waals surface area contributed by atoms with Crippen molar-refractivity contribution >= 4 is 5.96 Å². The van der Waals surface area contributed by atoms with Crippen molar-refractivity contribution in [2.45, 2.75) is 69.6 Å². The summed E-state index contributed by atoms with van der Waals surface area (Å²) in [6, 6.07) is 1.37. The Morgan fingerprint density at radius 3 is 2.84 bits per heavy atom. The van der Waals surface area contributed by atoms with Crippen molar-refractivity contribution in [3.05, 3.63) is 0 Å². The Kier molecular flexibility index (Phi) is 7.82. The second kappa shape index (κ2) is 10.3. The quantitative estimate of drug-likeness (QED) is 0.396. The fraction of sp³-hybridized carbons (Fsp3) is 0.947.